The molecular weight excluding hydrogens is 675 g/mol. The minimum atomic E-state index is 0.0512. The lowest BCUT2D eigenvalue weighted by molar-refractivity contribution is 0.310. The molecule has 0 fully saturated rings. The molecule has 0 aromatic heterocycles. The molecule has 0 aliphatic heterocycles. The maximum absolute atomic E-state index is 2.62. The van der Waals surface area contributed by atoms with Gasteiger partial charge in [0, 0.05) is 22.5 Å². The molecule has 5 aromatic rings. The normalized spacial score (nSPS) is 16.3. The SMILES string of the molecule is CCCCC(CC)CCC1(CCC(CC)CCCC)c2cc(C)ccc2-c2ccc(-c3ccc(N(c4ccc(C)cc4)c4ccc(C(C)CC)cc4)cc3)cc21. The van der Waals surface area contributed by atoms with Crippen LogP contribution in [-0.4, -0.2) is 0 Å². The fourth-order valence-electron chi connectivity index (χ4n) is 9.58. The third-order valence-corrected chi connectivity index (χ3v) is 13.6. The van der Waals surface area contributed by atoms with Gasteiger partial charge < -0.3 is 4.90 Å². The number of fused-ring (bicyclic) bond motifs is 3. The van der Waals surface area contributed by atoms with Crippen LogP contribution < -0.4 is 4.90 Å². The zero-order valence-electron chi connectivity index (χ0n) is 36.3. The van der Waals surface area contributed by atoms with Gasteiger partial charge in [-0.3, -0.25) is 0 Å². The highest BCUT2D eigenvalue weighted by atomic mass is 15.1. The molecule has 0 bridgehead atoms. The molecule has 0 radical (unpaired) electrons. The van der Waals surface area contributed by atoms with E-state index in [-0.39, 0.29) is 5.41 Å². The summed E-state index contributed by atoms with van der Waals surface area (Å²) in [5, 5.41) is 0. The van der Waals surface area contributed by atoms with Crippen LogP contribution in [0.15, 0.2) is 109 Å². The number of nitrogens with zero attached hydrogens (tertiary/aromatic N) is 1. The second kappa shape index (κ2) is 19.4. The summed E-state index contributed by atoms with van der Waals surface area (Å²) in [6, 6.07) is 42.4. The Morgan fingerprint density at radius 2 is 0.946 bits per heavy atom. The molecule has 56 heavy (non-hydrogen) atoms. The Morgan fingerprint density at radius 3 is 1.46 bits per heavy atom. The van der Waals surface area contributed by atoms with Gasteiger partial charge in [-0.1, -0.05) is 171 Å². The smallest absolute Gasteiger partial charge is 0.0462 e. The van der Waals surface area contributed by atoms with E-state index in [1.165, 1.54) is 133 Å². The van der Waals surface area contributed by atoms with E-state index in [1.807, 2.05) is 0 Å². The number of rotatable bonds is 20. The minimum absolute atomic E-state index is 0.0512. The van der Waals surface area contributed by atoms with Gasteiger partial charge in [-0.15, -0.1) is 0 Å². The summed E-state index contributed by atoms with van der Waals surface area (Å²) in [6.45, 7) is 18.6. The van der Waals surface area contributed by atoms with Gasteiger partial charge in [0.25, 0.3) is 0 Å². The second-order valence-corrected chi connectivity index (χ2v) is 17.4. The summed E-state index contributed by atoms with van der Waals surface area (Å²) in [6.07, 6.45) is 16.8. The molecule has 0 spiro atoms. The largest absolute Gasteiger partial charge is 0.311 e. The summed E-state index contributed by atoms with van der Waals surface area (Å²) < 4.78 is 0. The molecule has 1 heteroatoms. The average molecular weight is 746 g/mol. The molecule has 0 N–H and O–H groups in total. The van der Waals surface area contributed by atoms with Crippen LogP contribution in [0.2, 0.25) is 0 Å². The number of aryl methyl sites for hydroxylation is 2. The lowest BCUT2D eigenvalue weighted by Crippen LogP contribution is -2.27. The van der Waals surface area contributed by atoms with Crippen molar-refractivity contribution in [1.82, 2.24) is 0 Å². The monoisotopic (exact) mass is 746 g/mol. The van der Waals surface area contributed by atoms with Crippen LogP contribution in [0.25, 0.3) is 22.3 Å². The van der Waals surface area contributed by atoms with Crippen molar-refractivity contribution in [2.45, 2.75) is 150 Å². The first-order valence-electron chi connectivity index (χ1n) is 22.6. The van der Waals surface area contributed by atoms with Gasteiger partial charge in [0.15, 0.2) is 0 Å². The van der Waals surface area contributed by atoms with Crippen molar-refractivity contribution in [1.29, 1.82) is 0 Å². The fraction of sp³-hybridized carbons (Fsp3) is 0.455. The maximum atomic E-state index is 2.62. The third kappa shape index (κ3) is 9.20. The standard InChI is InChI=1S/C55H71N/c1-9-14-16-43(12-4)34-36-55(37-35-44(13-5)17-15-10-2)53-38-41(7)20-32-51(53)52-33-25-47(39-54(52)55)46-23-30-50(31-24-46)56(48-26-18-40(6)19-27-48)49-28-21-45(22-29-49)42(8)11-3/h18-33,38-39,42-44H,9-17,34-37H2,1-8H3. The lowest BCUT2D eigenvalue weighted by Gasteiger charge is -2.35. The van der Waals surface area contributed by atoms with Crippen LogP contribution >= 0.6 is 0 Å². The summed E-state index contributed by atoms with van der Waals surface area (Å²) in [5.41, 5.74) is 16.4. The van der Waals surface area contributed by atoms with Crippen molar-refractivity contribution in [2.24, 2.45) is 11.8 Å². The van der Waals surface area contributed by atoms with Gasteiger partial charge in [0.05, 0.1) is 0 Å². The molecule has 5 aromatic carbocycles. The Morgan fingerprint density at radius 1 is 0.482 bits per heavy atom. The molecule has 0 saturated carbocycles. The van der Waals surface area contributed by atoms with E-state index in [9.17, 15) is 0 Å². The zero-order chi connectivity index (χ0) is 39.7. The van der Waals surface area contributed by atoms with Crippen LogP contribution in [0.3, 0.4) is 0 Å². The predicted molar refractivity (Wildman–Crippen MR) is 246 cm³/mol. The number of unbranched alkanes of at least 4 members (excludes halogenated alkanes) is 2. The first-order valence-corrected chi connectivity index (χ1v) is 22.6. The quantitative estimate of drug-likeness (QED) is 0.0767. The molecule has 3 atom stereocenters. The highest BCUT2D eigenvalue weighted by molar-refractivity contribution is 5.85. The van der Waals surface area contributed by atoms with Crippen molar-refractivity contribution < 1.29 is 0 Å². The van der Waals surface area contributed by atoms with Gasteiger partial charge in [-0.25, -0.2) is 0 Å². The van der Waals surface area contributed by atoms with Gasteiger partial charge in [0.1, 0.15) is 0 Å². The van der Waals surface area contributed by atoms with Gasteiger partial charge in [0.2, 0.25) is 0 Å². The molecule has 6 rings (SSSR count). The molecule has 0 amide bonds. The molecule has 1 nitrogen and oxygen atoms in total. The second-order valence-electron chi connectivity index (χ2n) is 17.4. The van der Waals surface area contributed by atoms with Crippen molar-refractivity contribution in [3.05, 3.63) is 137 Å². The average Bonchev–Trinajstić information content (AvgIpc) is 3.49. The summed E-state index contributed by atoms with van der Waals surface area (Å²) in [5.74, 6) is 2.15. The Balaban J connectivity index is 1.40. The summed E-state index contributed by atoms with van der Waals surface area (Å²) >= 11 is 0. The van der Waals surface area contributed by atoms with Gasteiger partial charge >= 0.3 is 0 Å². The number of hydrogen-bond donors (Lipinski definition) is 0. The Hall–Kier alpha value is -4.10. The highest BCUT2D eigenvalue weighted by Crippen LogP contribution is 2.56. The van der Waals surface area contributed by atoms with Crippen LogP contribution in [0, 0.1) is 25.7 Å². The lowest BCUT2D eigenvalue weighted by atomic mass is 9.68. The van der Waals surface area contributed by atoms with E-state index in [0.29, 0.717) is 5.92 Å². The molecular formula is C55H71N. The number of hydrogen-bond acceptors (Lipinski definition) is 1. The van der Waals surface area contributed by atoms with E-state index in [1.54, 1.807) is 11.1 Å². The molecule has 0 heterocycles. The third-order valence-electron chi connectivity index (χ3n) is 13.6. The highest BCUT2D eigenvalue weighted by Gasteiger charge is 2.43. The van der Waals surface area contributed by atoms with E-state index in [2.05, 4.69) is 169 Å². The molecule has 0 saturated heterocycles. The summed E-state index contributed by atoms with van der Waals surface area (Å²) in [4.78, 5) is 2.40. The van der Waals surface area contributed by atoms with E-state index >= 15 is 0 Å². The van der Waals surface area contributed by atoms with Gasteiger partial charge in [-0.2, -0.15) is 0 Å². The zero-order valence-corrected chi connectivity index (χ0v) is 36.3. The van der Waals surface area contributed by atoms with Crippen molar-refractivity contribution in [3.63, 3.8) is 0 Å². The van der Waals surface area contributed by atoms with Crippen LogP contribution in [0.4, 0.5) is 17.1 Å². The maximum Gasteiger partial charge on any atom is 0.0462 e. The van der Waals surface area contributed by atoms with Gasteiger partial charge in [-0.05, 0) is 145 Å². The van der Waals surface area contributed by atoms with E-state index in [4.69, 9.17) is 0 Å². The van der Waals surface area contributed by atoms with Crippen molar-refractivity contribution in [2.75, 3.05) is 4.90 Å². The molecule has 1 aliphatic carbocycles. The van der Waals surface area contributed by atoms with Crippen LogP contribution in [0.5, 0.6) is 0 Å². The number of benzene rings is 5. The van der Waals surface area contributed by atoms with Crippen molar-refractivity contribution >= 4 is 17.1 Å². The fourth-order valence-corrected chi connectivity index (χ4v) is 9.58. The van der Waals surface area contributed by atoms with Crippen LogP contribution in [0.1, 0.15) is 159 Å². The number of anilines is 3. The van der Waals surface area contributed by atoms with E-state index in [0.717, 1.165) is 18.3 Å². The van der Waals surface area contributed by atoms with E-state index < -0.39 is 0 Å². The predicted octanol–water partition coefficient (Wildman–Crippen LogP) is 17.2. The first-order chi connectivity index (χ1) is 27.2. The Bertz CT molecular complexity index is 1940. The van der Waals surface area contributed by atoms with Crippen molar-refractivity contribution in [3.8, 4) is 22.3 Å². The Kier molecular flexibility index (Phi) is 14.4. The minimum Gasteiger partial charge on any atom is -0.311 e. The topological polar surface area (TPSA) is 3.24 Å². The van der Waals surface area contributed by atoms with Crippen LogP contribution in [-0.2, 0) is 5.41 Å². The molecule has 296 valence electrons. The molecule has 1 aliphatic rings. The first kappa shape index (κ1) is 41.5. The Labute approximate surface area is 342 Å². The summed E-state index contributed by atoms with van der Waals surface area (Å²) in [7, 11) is 0. The molecule has 3 unspecified atom stereocenters.